The lowest BCUT2D eigenvalue weighted by Gasteiger charge is -2.37. The Labute approximate surface area is 165 Å². The summed E-state index contributed by atoms with van der Waals surface area (Å²) >= 11 is 0. The van der Waals surface area contributed by atoms with Crippen molar-refractivity contribution in [3.05, 3.63) is 53.3 Å². The highest BCUT2D eigenvalue weighted by molar-refractivity contribution is 6.09. The van der Waals surface area contributed by atoms with Crippen molar-refractivity contribution in [1.29, 1.82) is 0 Å². The predicted octanol–water partition coefficient (Wildman–Crippen LogP) is 2.43. The molecule has 0 saturated heterocycles. The van der Waals surface area contributed by atoms with Crippen LogP contribution in [0, 0.1) is 5.82 Å². The summed E-state index contributed by atoms with van der Waals surface area (Å²) in [4.78, 5) is 38.3. The van der Waals surface area contributed by atoms with Crippen molar-refractivity contribution in [2.24, 2.45) is 0 Å². The summed E-state index contributed by atoms with van der Waals surface area (Å²) in [6.45, 7) is 0.166. The lowest BCUT2D eigenvalue weighted by molar-refractivity contribution is -0.121. The fourth-order valence-corrected chi connectivity index (χ4v) is 3.38. The van der Waals surface area contributed by atoms with Crippen LogP contribution in [0.4, 0.5) is 20.6 Å². The van der Waals surface area contributed by atoms with Crippen molar-refractivity contribution < 1.29 is 28.2 Å². The van der Waals surface area contributed by atoms with Crippen molar-refractivity contribution >= 4 is 29.3 Å². The van der Waals surface area contributed by atoms with Gasteiger partial charge in [0.15, 0.2) is 0 Å². The molecule has 2 aliphatic heterocycles. The summed E-state index contributed by atoms with van der Waals surface area (Å²) in [5, 5.41) is 5.10. The quantitative estimate of drug-likeness (QED) is 0.826. The number of fused-ring (bicyclic) bond motifs is 2. The molecule has 0 radical (unpaired) electrons. The standard InChI is InChI=1S/C20H18FN3O5/c1-22-18(25)8-14-10-28-17-7-13(21)4-5-16(17)24(14)19(26)11-2-3-12-9-29-20(27)23-15(12)6-11/h2-7,14H,8-10H2,1H3,(H,22,25)(H,23,27)/t14-/m0/s1. The van der Waals surface area contributed by atoms with Gasteiger partial charge in [-0.3, -0.25) is 19.8 Å². The molecule has 4 rings (SSSR count). The van der Waals surface area contributed by atoms with Crippen molar-refractivity contribution in [3.8, 4) is 5.75 Å². The summed E-state index contributed by atoms with van der Waals surface area (Å²) in [6, 6.07) is 8.19. The first-order valence-corrected chi connectivity index (χ1v) is 8.99. The summed E-state index contributed by atoms with van der Waals surface area (Å²) in [5.74, 6) is -0.904. The van der Waals surface area contributed by atoms with E-state index in [0.717, 1.165) is 5.56 Å². The van der Waals surface area contributed by atoms with E-state index >= 15 is 0 Å². The zero-order chi connectivity index (χ0) is 20.5. The third-order valence-corrected chi connectivity index (χ3v) is 4.85. The molecule has 1 atom stereocenters. The molecule has 3 amide bonds. The second-order valence-corrected chi connectivity index (χ2v) is 6.70. The molecule has 0 aliphatic carbocycles. The summed E-state index contributed by atoms with van der Waals surface area (Å²) < 4.78 is 24.1. The number of carbonyl (C=O) groups is 3. The molecular weight excluding hydrogens is 381 g/mol. The van der Waals surface area contributed by atoms with E-state index < -0.39 is 23.9 Å². The molecule has 2 aromatic rings. The lowest BCUT2D eigenvalue weighted by Crippen LogP contribution is -2.49. The van der Waals surface area contributed by atoms with Crippen LogP contribution in [0.3, 0.4) is 0 Å². The van der Waals surface area contributed by atoms with Gasteiger partial charge in [-0.2, -0.15) is 0 Å². The van der Waals surface area contributed by atoms with Gasteiger partial charge in [0.05, 0.1) is 23.8 Å². The SMILES string of the molecule is CNC(=O)C[C@H]1COc2cc(F)ccc2N1C(=O)c1ccc2c(c1)NC(=O)OC2. The molecule has 0 spiro atoms. The van der Waals surface area contributed by atoms with E-state index in [1.807, 2.05) is 0 Å². The number of benzene rings is 2. The van der Waals surface area contributed by atoms with E-state index in [2.05, 4.69) is 10.6 Å². The van der Waals surface area contributed by atoms with E-state index in [-0.39, 0.29) is 31.3 Å². The number of rotatable bonds is 3. The first-order valence-electron chi connectivity index (χ1n) is 8.99. The molecule has 2 aliphatic rings. The second kappa shape index (κ2) is 7.42. The third-order valence-electron chi connectivity index (χ3n) is 4.85. The molecule has 0 saturated carbocycles. The first kappa shape index (κ1) is 18.7. The molecule has 29 heavy (non-hydrogen) atoms. The molecule has 0 aromatic heterocycles. The molecule has 0 bridgehead atoms. The number of nitrogens with one attached hydrogen (secondary N) is 2. The summed E-state index contributed by atoms with van der Waals surface area (Å²) in [5.41, 5.74) is 1.92. The molecule has 2 aromatic carbocycles. The minimum absolute atomic E-state index is 0.0224. The van der Waals surface area contributed by atoms with Gasteiger partial charge in [0.2, 0.25) is 5.91 Å². The Kier molecular flexibility index (Phi) is 4.79. The van der Waals surface area contributed by atoms with E-state index in [4.69, 9.17) is 9.47 Å². The molecule has 8 nitrogen and oxygen atoms in total. The monoisotopic (exact) mass is 399 g/mol. The van der Waals surface area contributed by atoms with Crippen LogP contribution < -0.4 is 20.3 Å². The van der Waals surface area contributed by atoms with Gasteiger partial charge in [-0.1, -0.05) is 6.07 Å². The van der Waals surface area contributed by atoms with Crippen LogP contribution >= 0.6 is 0 Å². The summed E-state index contributed by atoms with van der Waals surface area (Å²) in [7, 11) is 1.51. The van der Waals surface area contributed by atoms with E-state index in [1.54, 1.807) is 18.2 Å². The molecule has 0 fully saturated rings. The number of anilines is 2. The first-order chi connectivity index (χ1) is 14.0. The van der Waals surface area contributed by atoms with E-state index in [9.17, 15) is 18.8 Å². The summed E-state index contributed by atoms with van der Waals surface area (Å²) in [6.07, 6.45) is -0.569. The number of ether oxygens (including phenoxy) is 2. The van der Waals surface area contributed by atoms with Gasteiger partial charge in [-0.25, -0.2) is 9.18 Å². The Balaban J connectivity index is 1.72. The highest BCUT2D eigenvalue weighted by Crippen LogP contribution is 2.37. The van der Waals surface area contributed by atoms with Crippen molar-refractivity contribution in [1.82, 2.24) is 5.32 Å². The molecule has 0 unspecified atom stereocenters. The Morgan fingerprint density at radius 1 is 1.24 bits per heavy atom. The molecule has 2 heterocycles. The molecular formula is C20H18FN3O5. The Morgan fingerprint density at radius 3 is 2.86 bits per heavy atom. The maximum absolute atomic E-state index is 13.6. The molecule has 150 valence electrons. The average molecular weight is 399 g/mol. The topological polar surface area (TPSA) is 97.0 Å². The van der Waals surface area contributed by atoms with Crippen molar-refractivity contribution in [2.75, 3.05) is 23.9 Å². The average Bonchev–Trinajstić information content (AvgIpc) is 2.72. The zero-order valence-electron chi connectivity index (χ0n) is 15.5. The van der Waals surface area contributed by atoms with Crippen LogP contribution in [-0.4, -0.2) is 37.6 Å². The second-order valence-electron chi connectivity index (χ2n) is 6.70. The van der Waals surface area contributed by atoms with Gasteiger partial charge < -0.3 is 14.8 Å². The number of hydrogen-bond acceptors (Lipinski definition) is 5. The molecule has 9 heteroatoms. The number of hydrogen-bond donors (Lipinski definition) is 2. The highest BCUT2D eigenvalue weighted by atomic mass is 19.1. The van der Waals surface area contributed by atoms with Crippen LogP contribution in [0.2, 0.25) is 0 Å². The van der Waals surface area contributed by atoms with Gasteiger partial charge in [-0.05, 0) is 24.3 Å². The van der Waals surface area contributed by atoms with Gasteiger partial charge >= 0.3 is 6.09 Å². The number of halogens is 1. The fraction of sp³-hybridized carbons (Fsp3) is 0.250. The van der Waals surface area contributed by atoms with Crippen LogP contribution in [0.25, 0.3) is 0 Å². The smallest absolute Gasteiger partial charge is 0.411 e. The Morgan fingerprint density at radius 2 is 2.07 bits per heavy atom. The number of amides is 3. The van der Waals surface area contributed by atoms with E-state index in [0.29, 0.717) is 16.9 Å². The van der Waals surface area contributed by atoms with Crippen LogP contribution in [0.5, 0.6) is 5.75 Å². The third kappa shape index (κ3) is 3.58. The number of cyclic esters (lactones) is 1. The lowest BCUT2D eigenvalue weighted by atomic mass is 10.0. The number of carbonyl (C=O) groups excluding carboxylic acids is 3. The zero-order valence-corrected chi connectivity index (χ0v) is 15.5. The highest BCUT2D eigenvalue weighted by Gasteiger charge is 2.35. The molecule has 2 N–H and O–H groups in total. The largest absolute Gasteiger partial charge is 0.489 e. The van der Waals surface area contributed by atoms with Gasteiger partial charge in [0.25, 0.3) is 5.91 Å². The minimum Gasteiger partial charge on any atom is -0.489 e. The van der Waals surface area contributed by atoms with E-state index in [1.165, 1.54) is 30.1 Å². The van der Waals surface area contributed by atoms with Crippen LogP contribution in [-0.2, 0) is 16.1 Å². The fourth-order valence-electron chi connectivity index (χ4n) is 3.38. The van der Waals surface area contributed by atoms with Crippen LogP contribution in [0.15, 0.2) is 36.4 Å². The van der Waals surface area contributed by atoms with Gasteiger partial charge in [0, 0.05) is 24.2 Å². The Hall–Kier alpha value is -3.62. The minimum atomic E-state index is -0.591. The maximum Gasteiger partial charge on any atom is 0.411 e. The van der Waals surface area contributed by atoms with Gasteiger partial charge in [-0.15, -0.1) is 0 Å². The van der Waals surface area contributed by atoms with Crippen molar-refractivity contribution in [2.45, 2.75) is 19.1 Å². The predicted molar refractivity (Wildman–Crippen MR) is 101 cm³/mol. The normalized spacial score (nSPS) is 17.2. The maximum atomic E-state index is 13.6. The Bertz CT molecular complexity index is 1010. The number of nitrogens with zero attached hydrogens (tertiary/aromatic N) is 1. The van der Waals surface area contributed by atoms with Crippen LogP contribution in [0.1, 0.15) is 22.3 Å². The van der Waals surface area contributed by atoms with Crippen molar-refractivity contribution in [3.63, 3.8) is 0 Å². The van der Waals surface area contributed by atoms with Gasteiger partial charge in [0.1, 0.15) is 24.8 Å².